The molecular formula is C13H17N5OS. The van der Waals surface area contributed by atoms with E-state index in [0.717, 1.165) is 41.9 Å². The molecule has 7 heteroatoms. The molecule has 0 aromatic carbocycles. The van der Waals surface area contributed by atoms with E-state index in [1.807, 2.05) is 17.2 Å². The Bertz CT molecular complexity index is 632. The molecule has 0 atom stereocenters. The fourth-order valence-corrected chi connectivity index (χ4v) is 3.12. The van der Waals surface area contributed by atoms with E-state index in [4.69, 9.17) is 0 Å². The smallest absolute Gasteiger partial charge is 0.229 e. The number of carbonyl (C=O) groups is 1. The van der Waals surface area contributed by atoms with E-state index >= 15 is 0 Å². The minimum absolute atomic E-state index is 0.116. The van der Waals surface area contributed by atoms with Gasteiger partial charge in [-0.3, -0.25) is 4.79 Å². The van der Waals surface area contributed by atoms with Crippen LogP contribution in [0.15, 0.2) is 5.38 Å². The number of fused-ring (bicyclic) bond motifs is 1. The van der Waals surface area contributed by atoms with Crippen LogP contribution in [0.2, 0.25) is 0 Å². The van der Waals surface area contributed by atoms with Gasteiger partial charge in [0, 0.05) is 18.5 Å². The molecule has 1 aliphatic rings. The molecule has 0 bridgehead atoms. The average molecular weight is 291 g/mol. The molecule has 0 saturated heterocycles. The number of nitrogens with zero attached hydrogens (tertiary/aromatic N) is 5. The Morgan fingerprint density at radius 3 is 3.00 bits per heavy atom. The molecule has 0 N–H and O–H groups in total. The van der Waals surface area contributed by atoms with E-state index < -0.39 is 0 Å². The molecular weight excluding hydrogens is 274 g/mol. The van der Waals surface area contributed by atoms with Gasteiger partial charge in [-0.15, -0.1) is 21.5 Å². The van der Waals surface area contributed by atoms with Crippen molar-refractivity contribution >= 4 is 17.2 Å². The number of thiazole rings is 1. The zero-order valence-electron chi connectivity index (χ0n) is 11.7. The Kier molecular flexibility index (Phi) is 3.52. The van der Waals surface area contributed by atoms with Gasteiger partial charge in [-0.1, -0.05) is 6.92 Å². The van der Waals surface area contributed by atoms with Crippen molar-refractivity contribution in [1.82, 2.24) is 24.6 Å². The zero-order valence-corrected chi connectivity index (χ0v) is 12.5. The van der Waals surface area contributed by atoms with Gasteiger partial charge in [0.25, 0.3) is 0 Å². The van der Waals surface area contributed by atoms with E-state index in [9.17, 15) is 4.79 Å². The van der Waals surface area contributed by atoms with Crippen LogP contribution < -0.4 is 0 Å². The molecule has 2 aromatic heterocycles. The molecule has 3 rings (SSSR count). The number of hydrogen-bond acceptors (Lipinski definition) is 5. The van der Waals surface area contributed by atoms with Crippen molar-refractivity contribution in [2.75, 3.05) is 6.54 Å². The number of amides is 1. The standard InChI is InChI=1S/C13H17N5OS/c1-3-12-14-10(8-20-12)6-13(19)17-4-5-18-9(2)15-16-11(18)7-17/h8H,3-7H2,1-2H3. The highest BCUT2D eigenvalue weighted by Crippen LogP contribution is 2.15. The number of aromatic nitrogens is 4. The summed E-state index contributed by atoms with van der Waals surface area (Å²) in [6.45, 7) is 6.05. The van der Waals surface area contributed by atoms with Crippen LogP contribution in [-0.4, -0.2) is 37.1 Å². The van der Waals surface area contributed by atoms with Crippen LogP contribution in [0.4, 0.5) is 0 Å². The predicted molar refractivity (Wildman–Crippen MR) is 75.4 cm³/mol. The van der Waals surface area contributed by atoms with Crippen molar-refractivity contribution in [3.8, 4) is 0 Å². The normalized spacial score (nSPS) is 14.4. The Hall–Kier alpha value is -1.76. The van der Waals surface area contributed by atoms with Gasteiger partial charge >= 0.3 is 0 Å². The predicted octanol–water partition coefficient (Wildman–Crippen LogP) is 1.19. The van der Waals surface area contributed by atoms with Crippen LogP contribution in [0, 0.1) is 6.92 Å². The highest BCUT2D eigenvalue weighted by molar-refractivity contribution is 7.09. The molecule has 106 valence electrons. The first-order valence-corrected chi connectivity index (χ1v) is 7.65. The molecule has 0 radical (unpaired) electrons. The van der Waals surface area contributed by atoms with E-state index in [2.05, 4.69) is 26.7 Å². The van der Waals surface area contributed by atoms with Gasteiger partial charge in [-0.2, -0.15) is 0 Å². The van der Waals surface area contributed by atoms with Crippen molar-refractivity contribution in [2.24, 2.45) is 0 Å². The highest BCUT2D eigenvalue weighted by atomic mass is 32.1. The van der Waals surface area contributed by atoms with Gasteiger partial charge in [-0.25, -0.2) is 4.98 Å². The van der Waals surface area contributed by atoms with E-state index in [0.29, 0.717) is 13.0 Å². The van der Waals surface area contributed by atoms with Crippen LogP contribution >= 0.6 is 11.3 Å². The fourth-order valence-electron chi connectivity index (χ4n) is 2.38. The molecule has 1 amide bonds. The maximum Gasteiger partial charge on any atom is 0.229 e. The quantitative estimate of drug-likeness (QED) is 0.852. The van der Waals surface area contributed by atoms with E-state index in [-0.39, 0.29) is 5.91 Å². The Balaban J connectivity index is 1.67. The second-order valence-corrected chi connectivity index (χ2v) is 5.84. The van der Waals surface area contributed by atoms with Crippen molar-refractivity contribution < 1.29 is 4.79 Å². The SMILES string of the molecule is CCc1nc(CC(=O)N2CCn3c(C)nnc3C2)cs1. The number of rotatable bonds is 3. The van der Waals surface area contributed by atoms with Crippen LogP contribution in [0.5, 0.6) is 0 Å². The van der Waals surface area contributed by atoms with E-state index in [1.54, 1.807) is 11.3 Å². The van der Waals surface area contributed by atoms with Gasteiger partial charge in [0.15, 0.2) is 5.82 Å². The fraction of sp³-hybridized carbons (Fsp3) is 0.538. The van der Waals surface area contributed by atoms with Gasteiger partial charge < -0.3 is 9.47 Å². The summed E-state index contributed by atoms with van der Waals surface area (Å²) in [6, 6.07) is 0. The summed E-state index contributed by atoms with van der Waals surface area (Å²) in [7, 11) is 0. The summed E-state index contributed by atoms with van der Waals surface area (Å²) in [5.74, 6) is 1.90. The van der Waals surface area contributed by atoms with Gasteiger partial charge in [-0.05, 0) is 13.3 Å². The third-order valence-electron chi connectivity index (χ3n) is 3.52. The molecule has 0 unspecified atom stereocenters. The van der Waals surface area contributed by atoms with Gasteiger partial charge in [0.1, 0.15) is 5.82 Å². The number of carbonyl (C=O) groups excluding carboxylic acids is 1. The first kappa shape index (κ1) is 13.2. The lowest BCUT2D eigenvalue weighted by Crippen LogP contribution is -2.39. The molecule has 0 spiro atoms. The summed E-state index contributed by atoms with van der Waals surface area (Å²) in [5.41, 5.74) is 0.875. The molecule has 1 aliphatic heterocycles. The Morgan fingerprint density at radius 1 is 1.40 bits per heavy atom. The second kappa shape index (κ2) is 5.32. The summed E-state index contributed by atoms with van der Waals surface area (Å²) in [4.78, 5) is 18.6. The topological polar surface area (TPSA) is 63.9 Å². The second-order valence-electron chi connectivity index (χ2n) is 4.89. The third kappa shape index (κ3) is 2.45. The monoisotopic (exact) mass is 291 g/mol. The maximum atomic E-state index is 12.3. The number of hydrogen-bond donors (Lipinski definition) is 0. The Labute approximate surface area is 121 Å². The third-order valence-corrected chi connectivity index (χ3v) is 4.57. The van der Waals surface area contributed by atoms with Crippen LogP contribution in [0.25, 0.3) is 0 Å². The highest BCUT2D eigenvalue weighted by Gasteiger charge is 2.23. The van der Waals surface area contributed by atoms with Crippen LogP contribution in [0.3, 0.4) is 0 Å². The summed E-state index contributed by atoms with van der Waals surface area (Å²) in [5, 5.41) is 11.2. The zero-order chi connectivity index (χ0) is 14.1. The lowest BCUT2D eigenvalue weighted by atomic mass is 10.2. The molecule has 0 saturated carbocycles. The van der Waals surface area contributed by atoms with Crippen molar-refractivity contribution in [3.63, 3.8) is 0 Å². The summed E-state index contributed by atoms with van der Waals surface area (Å²) in [6.07, 6.45) is 1.30. The molecule has 3 heterocycles. The van der Waals surface area contributed by atoms with Crippen LogP contribution in [-0.2, 0) is 30.7 Å². The molecule has 6 nitrogen and oxygen atoms in total. The first-order valence-electron chi connectivity index (χ1n) is 6.77. The van der Waals surface area contributed by atoms with Crippen molar-refractivity contribution in [1.29, 1.82) is 0 Å². The summed E-state index contributed by atoms with van der Waals surface area (Å²) < 4.78 is 2.07. The minimum atomic E-state index is 0.116. The molecule has 0 fully saturated rings. The molecule has 0 aliphatic carbocycles. The molecule has 20 heavy (non-hydrogen) atoms. The van der Waals surface area contributed by atoms with Crippen LogP contribution in [0.1, 0.15) is 29.3 Å². The Morgan fingerprint density at radius 2 is 2.25 bits per heavy atom. The largest absolute Gasteiger partial charge is 0.333 e. The maximum absolute atomic E-state index is 12.3. The van der Waals surface area contributed by atoms with Crippen molar-refractivity contribution in [2.45, 2.75) is 39.8 Å². The lowest BCUT2D eigenvalue weighted by molar-refractivity contribution is -0.132. The first-order chi connectivity index (χ1) is 9.67. The summed E-state index contributed by atoms with van der Waals surface area (Å²) >= 11 is 1.62. The lowest BCUT2D eigenvalue weighted by Gasteiger charge is -2.27. The molecule has 2 aromatic rings. The minimum Gasteiger partial charge on any atom is -0.333 e. The van der Waals surface area contributed by atoms with E-state index in [1.165, 1.54) is 0 Å². The average Bonchev–Trinajstić information content (AvgIpc) is 3.05. The number of aryl methyl sites for hydroxylation is 2. The van der Waals surface area contributed by atoms with Gasteiger partial charge in [0.05, 0.1) is 23.7 Å². The van der Waals surface area contributed by atoms with Gasteiger partial charge in [0.2, 0.25) is 5.91 Å². The van der Waals surface area contributed by atoms with Crippen molar-refractivity contribution in [3.05, 3.63) is 27.7 Å².